The number of hydrogen-bond donors (Lipinski definition) is 2. The van der Waals surface area contributed by atoms with E-state index in [9.17, 15) is 18.0 Å². The van der Waals surface area contributed by atoms with Gasteiger partial charge in [0, 0.05) is 19.0 Å². The minimum atomic E-state index is -3.13. The molecule has 8 heteroatoms. The van der Waals surface area contributed by atoms with Gasteiger partial charge in [-0.2, -0.15) is 0 Å². The molecule has 0 fully saturated rings. The molecule has 0 saturated heterocycles. The molecule has 1 aromatic rings. The van der Waals surface area contributed by atoms with Crippen LogP contribution < -0.4 is 5.32 Å². The summed E-state index contributed by atoms with van der Waals surface area (Å²) in [5.74, 6) is -1.84. The van der Waals surface area contributed by atoms with Crippen LogP contribution in [0.1, 0.15) is 20.8 Å². The molecule has 0 aliphatic carbocycles. The molecule has 0 unspecified atom stereocenters. The van der Waals surface area contributed by atoms with Gasteiger partial charge in [0.25, 0.3) is 5.91 Å². The van der Waals surface area contributed by atoms with E-state index in [0.717, 1.165) is 12.5 Å². The van der Waals surface area contributed by atoms with Crippen LogP contribution in [0.3, 0.4) is 0 Å². The van der Waals surface area contributed by atoms with Crippen LogP contribution >= 0.6 is 0 Å². The summed E-state index contributed by atoms with van der Waals surface area (Å²) in [6, 6.07) is 2.51. The van der Waals surface area contributed by atoms with Gasteiger partial charge in [-0.25, -0.2) is 13.2 Å². The standard InChI is InChI=1S/C10H12N2O5S/c1-18(16,17)5-4-11-9(13)8-3-2-7(6-12-8)10(14)15/h2-3,6H,4-5H2,1H3,(H,11,13)(H,14,15). The number of amides is 1. The first kappa shape index (κ1) is 14.1. The molecule has 0 spiro atoms. The highest BCUT2D eigenvalue weighted by Gasteiger charge is 2.10. The Morgan fingerprint density at radius 1 is 1.39 bits per heavy atom. The maximum absolute atomic E-state index is 11.5. The number of carbonyl (C=O) groups is 2. The van der Waals surface area contributed by atoms with E-state index in [1.54, 1.807) is 0 Å². The summed E-state index contributed by atoms with van der Waals surface area (Å²) in [5, 5.41) is 11.0. The monoisotopic (exact) mass is 272 g/mol. The van der Waals surface area contributed by atoms with Crippen LogP contribution in [0.2, 0.25) is 0 Å². The predicted octanol–water partition coefficient (Wildman–Crippen LogP) is -0.446. The summed E-state index contributed by atoms with van der Waals surface area (Å²) in [5.41, 5.74) is 0.0104. The summed E-state index contributed by atoms with van der Waals surface area (Å²) < 4.78 is 21.7. The van der Waals surface area contributed by atoms with E-state index in [4.69, 9.17) is 5.11 Å². The van der Waals surface area contributed by atoms with Gasteiger partial charge in [0.15, 0.2) is 0 Å². The number of aromatic nitrogens is 1. The van der Waals surface area contributed by atoms with E-state index in [1.807, 2.05) is 0 Å². The fraction of sp³-hybridized carbons (Fsp3) is 0.300. The van der Waals surface area contributed by atoms with E-state index in [0.29, 0.717) is 0 Å². The Bertz CT molecular complexity index is 550. The highest BCUT2D eigenvalue weighted by Crippen LogP contribution is 2.00. The molecule has 2 N–H and O–H groups in total. The Hall–Kier alpha value is -1.96. The molecule has 0 saturated carbocycles. The molecule has 0 radical (unpaired) electrons. The third-order valence-corrected chi connectivity index (χ3v) is 2.95. The summed E-state index contributed by atoms with van der Waals surface area (Å²) in [4.78, 5) is 25.7. The quantitative estimate of drug-likeness (QED) is 0.750. The van der Waals surface area contributed by atoms with Crippen LogP contribution in [0, 0.1) is 0 Å². The highest BCUT2D eigenvalue weighted by molar-refractivity contribution is 7.90. The zero-order valence-electron chi connectivity index (χ0n) is 9.58. The number of nitrogens with one attached hydrogen (secondary N) is 1. The largest absolute Gasteiger partial charge is 0.478 e. The van der Waals surface area contributed by atoms with Gasteiger partial charge in [0.2, 0.25) is 0 Å². The SMILES string of the molecule is CS(=O)(=O)CCNC(=O)c1ccc(C(=O)O)cn1. The van der Waals surface area contributed by atoms with Crippen molar-refractivity contribution in [1.29, 1.82) is 0 Å². The Labute approximate surface area is 104 Å². The number of rotatable bonds is 5. The van der Waals surface area contributed by atoms with E-state index in [2.05, 4.69) is 10.3 Å². The van der Waals surface area contributed by atoms with E-state index < -0.39 is 21.7 Å². The molecule has 0 aliphatic heterocycles. The van der Waals surface area contributed by atoms with E-state index in [1.165, 1.54) is 12.1 Å². The molecule has 98 valence electrons. The smallest absolute Gasteiger partial charge is 0.337 e. The normalized spacial score (nSPS) is 10.9. The van der Waals surface area contributed by atoms with Gasteiger partial charge in [-0.15, -0.1) is 0 Å². The maximum Gasteiger partial charge on any atom is 0.337 e. The summed E-state index contributed by atoms with van der Waals surface area (Å²) in [7, 11) is -3.13. The second-order valence-electron chi connectivity index (χ2n) is 3.62. The molecule has 1 aromatic heterocycles. The first-order valence-corrected chi connectivity index (χ1v) is 7.01. The van der Waals surface area contributed by atoms with Crippen LogP contribution in [0.4, 0.5) is 0 Å². The van der Waals surface area contributed by atoms with Crippen LogP contribution in [-0.2, 0) is 9.84 Å². The Morgan fingerprint density at radius 3 is 2.50 bits per heavy atom. The van der Waals surface area contributed by atoms with Crippen molar-refractivity contribution >= 4 is 21.7 Å². The molecule has 0 aliphatic rings. The molecule has 0 atom stereocenters. The number of carbonyl (C=O) groups excluding carboxylic acids is 1. The van der Waals surface area contributed by atoms with Crippen LogP contribution in [0.5, 0.6) is 0 Å². The predicted molar refractivity (Wildman–Crippen MR) is 63.2 cm³/mol. The molecule has 1 amide bonds. The van der Waals surface area contributed by atoms with Crippen molar-refractivity contribution in [1.82, 2.24) is 10.3 Å². The number of hydrogen-bond acceptors (Lipinski definition) is 5. The first-order chi connectivity index (χ1) is 8.29. The molecule has 0 aromatic carbocycles. The van der Waals surface area contributed by atoms with Crippen molar-refractivity contribution in [3.05, 3.63) is 29.6 Å². The first-order valence-electron chi connectivity index (χ1n) is 4.95. The van der Waals surface area contributed by atoms with Crippen molar-refractivity contribution in [3.63, 3.8) is 0 Å². The Balaban J connectivity index is 2.59. The van der Waals surface area contributed by atoms with E-state index in [-0.39, 0.29) is 23.6 Å². The Kier molecular flexibility index (Phi) is 4.38. The molecular formula is C10H12N2O5S. The average molecular weight is 272 g/mol. The molecule has 7 nitrogen and oxygen atoms in total. The number of carboxylic acid groups (broad SMARTS) is 1. The minimum absolute atomic E-state index is 0.0139. The summed E-state index contributed by atoms with van der Waals surface area (Å²) in [6.07, 6.45) is 2.13. The fourth-order valence-electron chi connectivity index (χ4n) is 1.10. The van der Waals surface area contributed by atoms with Crippen LogP contribution in [0.15, 0.2) is 18.3 Å². The third kappa shape index (κ3) is 4.50. The summed E-state index contributed by atoms with van der Waals surface area (Å²) >= 11 is 0. The lowest BCUT2D eigenvalue weighted by molar-refractivity contribution is 0.0695. The summed E-state index contributed by atoms with van der Waals surface area (Å²) in [6.45, 7) is -0.0139. The van der Waals surface area contributed by atoms with Gasteiger partial charge in [0.05, 0.1) is 11.3 Å². The topological polar surface area (TPSA) is 113 Å². The van der Waals surface area contributed by atoms with Crippen molar-refractivity contribution in [3.8, 4) is 0 Å². The maximum atomic E-state index is 11.5. The third-order valence-electron chi connectivity index (χ3n) is 2.00. The van der Waals surface area contributed by atoms with Crippen molar-refractivity contribution in [2.45, 2.75) is 0 Å². The van der Waals surface area contributed by atoms with Gasteiger partial charge in [-0.3, -0.25) is 9.78 Å². The molecule has 1 rings (SSSR count). The lowest BCUT2D eigenvalue weighted by Gasteiger charge is -2.03. The van der Waals surface area contributed by atoms with Crippen LogP contribution in [-0.4, -0.2) is 48.9 Å². The van der Waals surface area contributed by atoms with Crippen molar-refractivity contribution in [2.75, 3.05) is 18.6 Å². The number of nitrogens with zero attached hydrogens (tertiary/aromatic N) is 1. The van der Waals surface area contributed by atoms with Gasteiger partial charge >= 0.3 is 5.97 Å². The lowest BCUT2D eigenvalue weighted by Crippen LogP contribution is -2.29. The zero-order valence-corrected chi connectivity index (χ0v) is 10.4. The molecular weight excluding hydrogens is 260 g/mol. The van der Waals surface area contributed by atoms with Gasteiger partial charge in [-0.1, -0.05) is 0 Å². The number of sulfone groups is 1. The van der Waals surface area contributed by atoms with Gasteiger partial charge in [-0.05, 0) is 12.1 Å². The van der Waals surface area contributed by atoms with Gasteiger partial charge < -0.3 is 10.4 Å². The van der Waals surface area contributed by atoms with Crippen molar-refractivity contribution < 1.29 is 23.1 Å². The van der Waals surface area contributed by atoms with Crippen molar-refractivity contribution in [2.24, 2.45) is 0 Å². The number of pyridine rings is 1. The fourth-order valence-corrected chi connectivity index (χ4v) is 1.57. The average Bonchev–Trinajstić information content (AvgIpc) is 2.27. The Morgan fingerprint density at radius 2 is 2.06 bits per heavy atom. The zero-order chi connectivity index (χ0) is 13.8. The highest BCUT2D eigenvalue weighted by atomic mass is 32.2. The van der Waals surface area contributed by atoms with Gasteiger partial charge in [0.1, 0.15) is 15.5 Å². The molecule has 1 heterocycles. The second kappa shape index (κ2) is 5.58. The van der Waals surface area contributed by atoms with E-state index >= 15 is 0 Å². The molecule has 0 bridgehead atoms. The second-order valence-corrected chi connectivity index (χ2v) is 5.88. The minimum Gasteiger partial charge on any atom is -0.478 e. The van der Waals surface area contributed by atoms with Crippen LogP contribution in [0.25, 0.3) is 0 Å². The lowest BCUT2D eigenvalue weighted by atomic mass is 10.2. The molecule has 18 heavy (non-hydrogen) atoms. The number of aromatic carboxylic acids is 1. The number of carboxylic acids is 1.